The standard InChI is InChI=1S/C16H17BrN2O/c1-12-2-8-15(9-3-12)19(16(20)10-18)11-13-4-6-14(17)7-5-13/h2-9H,10-11,18H2,1H3. The Morgan fingerprint density at radius 3 is 2.25 bits per heavy atom. The van der Waals surface area contributed by atoms with Crippen LogP contribution in [0.3, 0.4) is 0 Å². The van der Waals surface area contributed by atoms with Crippen molar-refractivity contribution in [3.05, 3.63) is 64.1 Å². The van der Waals surface area contributed by atoms with Gasteiger partial charge in [-0.15, -0.1) is 0 Å². The van der Waals surface area contributed by atoms with Crippen LogP contribution in [0.2, 0.25) is 0 Å². The Morgan fingerprint density at radius 2 is 1.70 bits per heavy atom. The minimum atomic E-state index is -0.0863. The van der Waals surface area contributed by atoms with E-state index in [1.165, 1.54) is 0 Å². The summed E-state index contributed by atoms with van der Waals surface area (Å²) in [6.45, 7) is 2.55. The number of hydrogen-bond acceptors (Lipinski definition) is 2. The van der Waals surface area contributed by atoms with Gasteiger partial charge in [0.25, 0.3) is 0 Å². The molecule has 0 aliphatic carbocycles. The Labute approximate surface area is 127 Å². The number of nitrogens with zero attached hydrogens (tertiary/aromatic N) is 1. The van der Waals surface area contributed by atoms with Gasteiger partial charge >= 0.3 is 0 Å². The van der Waals surface area contributed by atoms with Gasteiger partial charge in [0.05, 0.1) is 13.1 Å². The SMILES string of the molecule is Cc1ccc(N(Cc2ccc(Br)cc2)C(=O)CN)cc1. The molecule has 0 unspecified atom stereocenters. The van der Waals surface area contributed by atoms with E-state index in [0.29, 0.717) is 6.54 Å². The number of aryl methyl sites for hydroxylation is 1. The number of anilines is 1. The average molecular weight is 333 g/mol. The molecular weight excluding hydrogens is 316 g/mol. The van der Waals surface area contributed by atoms with E-state index < -0.39 is 0 Å². The molecule has 0 saturated heterocycles. The van der Waals surface area contributed by atoms with Gasteiger partial charge in [-0.05, 0) is 36.8 Å². The molecule has 2 aromatic rings. The van der Waals surface area contributed by atoms with E-state index in [4.69, 9.17) is 5.73 Å². The summed E-state index contributed by atoms with van der Waals surface area (Å²) in [5, 5.41) is 0. The molecule has 3 nitrogen and oxygen atoms in total. The van der Waals surface area contributed by atoms with Gasteiger partial charge in [-0.3, -0.25) is 4.79 Å². The zero-order valence-corrected chi connectivity index (χ0v) is 12.9. The van der Waals surface area contributed by atoms with Crippen LogP contribution in [0, 0.1) is 6.92 Å². The molecule has 0 spiro atoms. The van der Waals surface area contributed by atoms with E-state index in [9.17, 15) is 4.79 Å². The van der Waals surface area contributed by atoms with Gasteiger partial charge in [-0.2, -0.15) is 0 Å². The molecule has 0 saturated carbocycles. The van der Waals surface area contributed by atoms with E-state index >= 15 is 0 Å². The van der Waals surface area contributed by atoms with Crippen molar-refractivity contribution in [1.82, 2.24) is 0 Å². The summed E-state index contributed by atoms with van der Waals surface area (Å²) in [5.74, 6) is -0.0863. The number of carbonyl (C=O) groups excluding carboxylic acids is 1. The van der Waals surface area contributed by atoms with Crippen LogP contribution < -0.4 is 10.6 Å². The fourth-order valence-corrected chi connectivity index (χ4v) is 2.20. The molecule has 0 atom stereocenters. The van der Waals surface area contributed by atoms with Crippen LogP contribution in [-0.2, 0) is 11.3 Å². The van der Waals surface area contributed by atoms with Gasteiger partial charge in [-0.25, -0.2) is 0 Å². The lowest BCUT2D eigenvalue weighted by Gasteiger charge is -2.22. The zero-order chi connectivity index (χ0) is 14.5. The quantitative estimate of drug-likeness (QED) is 0.934. The molecule has 2 aromatic carbocycles. The average Bonchev–Trinajstić information content (AvgIpc) is 2.47. The van der Waals surface area contributed by atoms with Crippen LogP contribution in [0.1, 0.15) is 11.1 Å². The van der Waals surface area contributed by atoms with Crippen LogP contribution in [0.15, 0.2) is 53.0 Å². The molecule has 2 N–H and O–H groups in total. The first-order valence-electron chi connectivity index (χ1n) is 6.41. The second-order valence-corrected chi connectivity index (χ2v) is 5.56. The van der Waals surface area contributed by atoms with Crippen molar-refractivity contribution in [3.8, 4) is 0 Å². The van der Waals surface area contributed by atoms with Gasteiger partial charge < -0.3 is 10.6 Å². The summed E-state index contributed by atoms with van der Waals surface area (Å²) in [5.41, 5.74) is 8.62. The second kappa shape index (κ2) is 6.68. The summed E-state index contributed by atoms with van der Waals surface area (Å²) in [6.07, 6.45) is 0. The zero-order valence-electron chi connectivity index (χ0n) is 11.3. The van der Waals surface area contributed by atoms with E-state index in [1.54, 1.807) is 4.90 Å². The Bertz CT molecular complexity index is 578. The lowest BCUT2D eigenvalue weighted by molar-refractivity contribution is -0.117. The Balaban J connectivity index is 2.26. The molecule has 4 heteroatoms. The molecule has 0 bridgehead atoms. The van der Waals surface area contributed by atoms with Crippen molar-refractivity contribution in [1.29, 1.82) is 0 Å². The number of hydrogen-bond donors (Lipinski definition) is 1. The molecule has 0 fully saturated rings. The van der Waals surface area contributed by atoms with Crippen molar-refractivity contribution >= 4 is 27.5 Å². The largest absolute Gasteiger partial charge is 0.322 e. The van der Waals surface area contributed by atoms with E-state index in [0.717, 1.165) is 21.3 Å². The molecule has 2 rings (SSSR count). The van der Waals surface area contributed by atoms with E-state index in [1.807, 2.05) is 55.5 Å². The van der Waals surface area contributed by atoms with Crippen LogP contribution in [0.25, 0.3) is 0 Å². The van der Waals surface area contributed by atoms with Crippen LogP contribution >= 0.6 is 15.9 Å². The minimum absolute atomic E-state index is 0.00437. The van der Waals surface area contributed by atoms with Crippen molar-refractivity contribution < 1.29 is 4.79 Å². The lowest BCUT2D eigenvalue weighted by Crippen LogP contribution is -2.35. The summed E-state index contributed by atoms with van der Waals surface area (Å²) in [4.78, 5) is 13.8. The first kappa shape index (κ1) is 14.8. The molecular formula is C16H17BrN2O. The van der Waals surface area contributed by atoms with Crippen LogP contribution in [0.4, 0.5) is 5.69 Å². The van der Waals surface area contributed by atoms with Gasteiger partial charge in [0.1, 0.15) is 0 Å². The summed E-state index contributed by atoms with van der Waals surface area (Å²) < 4.78 is 1.02. The highest BCUT2D eigenvalue weighted by Gasteiger charge is 2.14. The van der Waals surface area contributed by atoms with Gasteiger partial charge in [0.15, 0.2) is 0 Å². The fourth-order valence-electron chi connectivity index (χ4n) is 1.93. The molecule has 0 aliphatic heterocycles. The predicted molar refractivity (Wildman–Crippen MR) is 85.6 cm³/mol. The molecule has 0 aromatic heterocycles. The van der Waals surface area contributed by atoms with E-state index in [-0.39, 0.29) is 12.5 Å². The highest BCUT2D eigenvalue weighted by Crippen LogP contribution is 2.19. The first-order valence-corrected chi connectivity index (χ1v) is 7.21. The highest BCUT2D eigenvalue weighted by atomic mass is 79.9. The second-order valence-electron chi connectivity index (χ2n) is 4.65. The number of halogens is 1. The number of benzene rings is 2. The third-order valence-electron chi connectivity index (χ3n) is 3.08. The summed E-state index contributed by atoms with van der Waals surface area (Å²) >= 11 is 3.41. The van der Waals surface area contributed by atoms with Crippen molar-refractivity contribution in [2.45, 2.75) is 13.5 Å². The fraction of sp³-hybridized carbons (Fsp3) is 0.188. The van der Waals surface area contributed by atoms with Crippen LogP contribution in [-0.4, -0.2) is 12.5 Å². The first-order chi connectivity index (χ1) is 9.60. The maximum absolute atomic E-state index is 12.1. The maximum atomic E-state index is 12.1. The normalized spacial score (nSPS) is 10.3. The lowest BCUT2D eigenvalue weighted by atomic mass is 10.1. The number of amides is 1. The number of carbonyl (C=O) groups is 1. The third-order valence-corrected chi connectivity index (χ3v) is 3.60. The molecule has 104 valence electrons. The van der Waals surface area contributed by atoms with Gasteiger partial charge in [0, 0.05) is 10.2 Å². The predicted octanol–water partition coefficient (Wildman–Crippen LogP) is 3.25. The molecule has 0 aliphatic rings. The summed E-state index contributed by atoms with van der Waals surface area (Å²) in [6, 6.07) is 15.8. The third kappa shape index (κ3) is 3.68. The smallest absolute Gasteiger partial charge is 0.241 e. The van der Waals surface area contributed by atoms with Crippen LogP contribution in [0.5, 0.6) is 0 Å². The van der Waals surface area contributed by atoms with E-state index in [2.05, 4.69) is 15.9 Å². The molecule has 0 heterocycles. The van der Waals surface area contributed by atoms with Crippen molar-refractivity contribution in [2.24, 2.45) is 5.73 Å². The molecule has 20 heavy (non-hydrogen) atoms. The maximum Gasteiger partial charge on any atom is 0.241 e. The number of rotatable bonds is 4. The summed E-state index contributed by atoms with van der Waals surface area (Å²) in [7, 11) is 0. The monoisotopic (exact) mass is 332 g/mol. The van der Waals surface area contributed by atoms with Crippen molar-refractivity contribution in [3.63, 3.8) is 0 Å². The van der Waals surface area contributed by atoms with Crippen molar-refractivity contribution in [2.75, 3.05) is 11.4 Å². The molecule has 0 radical (unpaired) electrons. The Morgan fingerprint density at radius 1 is 1.10 bits per heavy atom. The molecule has 1 amide bonds. The van der Waals surface area contributed by atoms with Gasteiger partial charge in [0.2, 0.25) is 5.91 Å². The Kier molecular flexibility index (Phi) is 4.93. The minimum Gasteiger partial charge on any atom is -0.322 e. The Hall–Kier alpha value is -1.65. The topological polar surface area (TPSA) is 46.3 Å². The van der Waals surface area contributed by atoms with Gasteiger partial charge in [-0.1, -0.05) is 45.8 Å². The number of nitrogens with two attached hydrogens (primary N) is 1. The highest BCUT2D eigenvalue weighted by molar-refractivity contribution is 9.10.